The number of ether oxygens (including phenoxy) is 1. The minimum Gasteiger partial charge on any atom is -0.489 e. The zero-order chi connectivity index (χ0) is 20.2. The largest absolute Gasteiger partial charge is 0.489 e. The van der Waals surface area contributed by atoms with Gasteiger partial charge in [-0.1, -0.05) is 23.7 Å². The van der Waals surface area contributed by atoms with Gasteiger partial charge in [0, 0.05) is 53.9 Å². The summed E-state index contributed by atoms with van der Waals surface area (Å²) < 4.78 is 5.64. The first-order chi connectivity index (χ1) is 14.0. The van der Waals surface area contributed by atoms with Gasteiger partial charge in [-0.2, -0.15) is 0 Å². The lowest BCUT2D eigenvalue weighted by Crippen LogP contribution is -2.74. The molecule has 0 atom stereocenters. The molecular weight excluding hydrogens is 390 g/mol. The molecule has 3 N–H and O–H groups in total. The van der Waals surface area contributed by atoms with Crippen LogP contribution in [0, 0.1) is 10.8 Å². The number of amides is 2. The minimum atomic E-state index is 0.00308. The van der Waals surface area contributed by atoms with Gasteiger partial charge in [0.15, 0.2) is 0 Å². The highest BCUT2D eigenvalue weighted by Crippen LogP contribution is 2.42. The molecule has 2 fully saturated rings. The van der Waals surface area contributed by atoms with E-state index in [1.165, 1.54) is 0 Å². The van der Waals surface area contributed by atoms with Gasteiger partial charge in [0.05, 0.1) is 12.2 Å². The number of nitrogens with zero attached hydrogens (tertiary/aromatic N) is 3. The lowest BCUT2D eigenvalue weighted by molar-refractivity contribution is -0.0621. The lowest BCUT2D eigenvalue weighted by Gasteiger charge is -2.61. The molecule has 150 valence electrons. The van der Waals surface area contributed by atoms with Crippen molar-refractivity contribution in [3.63, 3.8) is 0 Å². The molecule has 1 spiro atoms. The molecule has 3 aliphatic heterocycles. The summed E-state index contributed by atoms with van der Waals surface area (Å²) in [4.78, 5) is 18.7. The number of urea groups is 1. The van der Waals surface area contributed by atoms with Crippen LogP contribution in [0.25, 0.3) is 0 Å². The van der Waals surface area contributed by atoms with Crippen LogP contribution < -0.4 is 15.4 Å². The molecular formula is C21H22ClN5O2. The number of carbonyl (C=O) groups is 1. The number of halogens is 1. The number of nitrogens with two attached hydrogens (primary N) is 1. The van der Waals surface area contributed by atoms with Crippen molar-refractivity contribution < 1.29 is 9.53 Å². The number of nitrogen functional groups attached to an aromatic ring is 1. The van der Waals surface area contributed by atoms with E-state index in [1.807, 2.05) is 40.1 Å². The number of hydrogen-bond donors (Lipinski definition) is 2. The highest BCUT2D eigenvalue weighted by molar-refractivity contribution is 6.30. The molecule has 0 radical (unpaired) electrons. The number of amidine groups is 1. The highest BCUT2D eigenvalue weighted by atomic mass is 35.5. The van der Waals surface area contributed by atoms with E-state index in [9.17, 15) is 4.79 Å². The topological polar surface area (TPSA) is 85.9 Å². The average Bonchev–Trinajstić information content (AvgIpc) is 2.65. The summed E-state index contributed by atoms with van der Waals surface area (Å²) in [5, 5.41) is 9.02. The van der Waals surface area contributed by atoms with E-state index in [1.54, 1.807) is 17.0 Å². The molecule has 0 aromatic heterocycles. The van der Waals surface area contributed by atoms with Gasteiger partial charge >= 0.3 is 6.03 Å². The van der Waals surface area contributed by atoms with Gasteiger partial charge in [-0.25, -0.2) is 4.79 Å². The highest BCUT2D eigenvalue weighted by Gasteiger charge is 2.54. The molecule has 29 heavy (non-hydrogen) atoms. The Morgan fingerprint density at radius 1 is 1.10 bits per heavy atom. The van der Waals surface area contributed by atoms with Crippen LogP contribution in [0.4, 0.5) is 16.2 Å². The standard InChI is InChI=1S/C21H22ClN5O2/c22-14-5-6-17-18(9-14)29-8-7-27(17)20(28)26-12-21(13-26)10-25(11-21)19(24)15-3-1-2-4-16(15)23/h1-6,9,24H,7-8,10-13,23H2. The molecule has 3 heterocycles. The number of nitrogens with one attached hydrogen (secondary N) is 1. The summed E-state index contributed by atoms with van der Waals surface area (Å²) >= 11 is 6.04. The van der Waals surface area contributed by atoms with Crippen molar-refractivity contribution in [1.82, 2.24) is 9.80 Å². The molecule has 0 aliphatic carbocycles. The van der Waals surface area contributed by atoms with Crippen LogP contribution in [0.5, 0.6) is 5.75 Å². The van der Waals surface area contributed by atoms with E-state index in [0.29, 0.717) is 48.5 Å². The molecule has 0 unspecified atom stereocenters. The third-order valence-electron chi connectivity index (χ3n) is 5.92. The van der Waals surface area contributed by atoms with Crippen LogP contribution >= 0.6 is 11.6 Å². The Balaban J connectivity index is 1.21. The second-order valence-electron chi connectivity index (χ2n) is 8.04. The van der Waals surface area contributed by atoms with Crippen LogP contribution in [-0.4, -0.2) is 61.0 Å². The van der Waals surface area contributed by atoms with E-state index in [4.69, 9.17) is 27.5 Å². The Morgan fingerprint density at radius 2 is 1.83 bits per heavy atom. The summed E-state index contributed by atoms with van der Waals surface area (Å²) in [5.41, 5.74) is 8.23. The second-order valence-corrected chi connectivity index (χ2v) is 8.48. The van der Waals surface area contributed by atoms with E-state index < -0.39 is 0 Å². The van der Waals surface area contributed by atoms with E-state index in [0.717, 1.165) is 24.3 Å². The number of likely N-dealkylation sites (tertiary alicyclic amines) is 2. The molecule has 5 rings (SSSR count). The summed E-state index contributed by atoms with van der Waals surface area (Å²) in [5.74, 6) is 1.11. The first-order valence-corrected chi connectivity index (χ1v) is 10.0. The molecule has 8 heteroatoms. The summed E-state index contributed by atoms with van der Waals surface area (Å²) in [6.45, 7) is 3.96. The molecule has 2 aromatic carbocycles. The van der Waals surface area contributed by atoms with Gasteiger partial charge in [0.25, 0.3) is 0 Å². The van der Waals surface area contributed by atoms with Crippen LogP contribution in [0.1, 0.15) is 5.56 Å². The van der Waals surface area contributed by atoms with Crippen LogP contribution in [0.15, 0.2) is 42.5 Å². The smallest absolute Gasteiger partial charge is 0.324 e. The van der Waals surface area contributed by atoms with Crippen molar-refractivity contribution in [2.75, 3.05) is 50.0 Å². The first kappa shape index (κ1) is 18.1. The monoisotopic (exact) mass is 411 g/mol. The van der Waals surface area contributed by atoms with Crippen molar-refractivity contribution in [3.8, 4) is 5.75 Å². The zero-order valence-electron chi connectivity index (χ0n) is 15.9. The van der Waals surface area contributed by atoms with Gasteiger partial charge in [0.2, 0.25) is 0 Å². The van der Waals surface area contributed by atoms with E-state index in [2.05, 4.69) is 0 Å². The molecule has 0 bridgehead atoms. The lowest BCUT2D eigenvalue weighted by atomic mass is 9.72. The van der Waals surface area contributed by atoms with Gasteiger partial charge < -0.3 is 20.3 Å². The maximum absolute atomic E-state index is 13.0. The average molecular weight is 412 g/mol. The van der Waals surface area contributed by atoms with Crippen molar-refractivity contribution in [2.45, 2.75) is 0 Å². The summed E-state index contributed by atoms with van der Waals surface area (Å²) in [6.07, 6.45) is 0. The molecule has 2 saturated heterocycles. The van der Waals surface area contributed by atoms with Gasteiger partial charge in [0.1, 0.15) is 18.2 Å². The van der Waals surface area contributed by atoms with Crippen molar-refractivity contribution in [2.24, 2.45) is 5.41 Å². The third-order valence-corrected chi connectivity index (χ3v) is 6.16. The summed E-state index contributed by atoms with van der Waals surface area (Å²) in [7, 11) is 0. The second kappa shape index (κ2) is 6.56. The Kier molecular flexibility index (Phi) is 4.10. The van der Waals surface area contributed by atoms with Crippen LogP contribution in [0.2, 0.25) is 5.02 Å². The van der Waals surface area contributed by atoms with Crippen molar-refractivity contribution in [1.29, 1.82) is 5.41 Å². The predicted octanol–water partition coefficient (Wildman–Crippen LogP) is 2.88. The normalized spacial score (nSPS) is 19.1. The van der Waals surface area contributed by atoms with Gasteiger partial charge in [-0.05, 0) is 24.3 Å². The Bertz CT molecular complexity index is 996. The van der Waals surface area contributed by atoms with Crippen LogP contribution in [-0.2, 0) is 0 Å². The van der Waals surface area contributed by atoms with Gasteiger partial charge in [-0.15, -0.1) is 0 Å². The Hall–Kier alpha value is -2.93. The SMILES string of the molecule is N=C(c1ccccc1N)N1CC2(C1)CN(C(=O)N1CCOc3cc(Cl)ccc31)C2. The fourth-order valence-corrected chi connectivity index (χ4v) is 4.63. The van der Waals surface area contributed by atoms with Crippen molar-refractivity contribution in [3.05, 3.63) is 53.1 Å². The zero-order valence-corrected chi connectivity index (χ0v) is 16.7. The van der Waals surface area contributed by atoms with Crippen LogP contribution in [0.3, 0.4) is 0 Å². The number of hydrogen-bond acceptors (Lipinski definition) is 4. The molecule has 7 nitrogen and oxygen atoms in total. The molecule has 2 amide bonds. The maximum atomic E-state index is 13.0. The third kappa shape index (κ3) is 2.97. The molecule has 3 aliphatic rings. The number of benzene rings is 2. The first-order valence-electron chi connectivity index (χ1n) is 9.63. The predicted molar refractivity (Wildman–Crippen MR) is 113 cm³/mol. The molecule has 0 saturated carbocycles. The number of anilines is 2. The fraction of sp³-hybridized carbons (Fsp3) is 0.333. The number of carbonyl (C=O) groups excluding carboxylic acids is 1. The van der Waals surface area contributed by atoms with Crippen molar-refractivity contribution >= 4 is 34.8 Å². The molecule has 2 aromatic rings. The van der Waals surface area contributed by atoms with Gasteiger partial charge in [-0.3, -0.25) is 10.3 Å². The number of rotatable bonds is 1. The summed E-state index contributed by atoms with van der Waals surface area (Å²) in [6, 6.07) is 12.8. The number of para-hydroxylation sites is 1. The maximum Gasteiger partial charge on any atom is 0.324 e. The van der Waals surface area contributed by atoms with E-state index in [-0.39, 0.29) is 11.4 Å². The quantitative estimate of drug-likeness (QED) is 0.429. The Labute approximate surface area is 174 Å². The number of fused-ring (bicyclic) bond motifs is 1. The minimum absolute atomic E-state index is 0.00308. The van der Waals surface area contributed by atoms with E-state index >= 15 is 0 Å². The Morgan fingerprint density at radius 3 is 2.59 bits per heavy atom. The fourth-order valence-electron chi connectivity index (χ4n) is 4.47.